The van der Waals surface area contributed by atoms with E-state index >= 15 is 0 Å². The van der Waals surface area contributed by atoms with Crippen molar-refractivity contribution in [3.63, 3.8) is 0 Å². The second-order valence-electron chi connectivity index (χ2n) is 4.94. The number of methoxy groups -OCH3 is 2. The van der Waals surface area contributed by atoms with Gasteiger partial charge in [0.2, 0.25) is 0 Å². The van der Waals surface area contributed by atoms with Gasteiger partial charge in [-0.2, -0.15) is 11.8 Å². The summed E-state index contributed by atoms with van der Waals surface area (Å²) in [6.07, 6.45) is 1.08. The van der Waals surface area contributed by atoms with Gasteiger partial charge in [-0.1, -0.05) is 19.9 Å². The predicted octanol–water partition coefficient (Wildman–Crippen LogP) is 2.86. The molecule has 2 atom stereocenters. The van der Waals surface area contributed by atoms with Gasteiger partial charge in [0.1, 0.15) is 11.5 Å². The number of aliphatic hydroxyl groups is 1. The van der Waals surface area contributed by atoms with Gasteiger partial charge in [-0.3, -0.25) is 0 Å². The van der Waals surface area contributed by atoms with Crippen LogP contribution in [0.1, 0.15) is 31.9 Å². The van der Waals surface area contributed by atoms with Gasteiger partial charge in [0.25, 0.3) is 0 Å². The highest BCUT2D eigenvalue weighted by Gasteiger charge is 2.17. The van der Waals surface area contributed by atoms with E-state index < -0.39 is 0 Å². The summed E-state index contributed by atoms with van der Waals surface area (Å²) in [4.78, 5) is 0. The maximum absolute atomic E-state index is 9.18. The minimum Gasteiger partial charge on any atom is -0.497 e. The van der Waals surface area contributed by atoms with Crippen molar-refractivity contribution in [2.24, 2.45) is 0 Å². The Morgan fingerprint density at radius 3 is 2.62 bits per heavy atom. The molecule has 4 nitrogen and oxygen atoms in total. The quantitative estimate of drug-likeness (QED) is 0.695. The van der Waals surface area contributed by atoms with Crippen molar-refractivity contribution in [2.75, 3.05) is 33.1 Å². The van der Waals surface area contributed by atoms with Crippen LogP contribution in [0, 0.1) is 0 Å². The molecule has 1 aromatic carbocycles. The first-order valence-electron chi connectivity index (χ1n) is 7.34. The maximum Gasteiger partial charge on any atom is 0.127 e. The van der Waals surface area contributed by atoms with Crippen molar-refractivity contribution in [1.29, 1.82) is 0 Å². The van der Waals surface area contributed by atoms with Crippen LogP contribution in [-0.2, 0) is 0 Å². The summed E-state index contributed by atoms with van der Waals surface area (Å²) < 4.78 is 10.8. The highest BCUT2D eigenvalue weighted by Crippen LogP contribution is 2.32. The van der Waals surface area contributed by atoms with Gasteiger partial charge >= 0.3 is 0 Å². The summed E-state index contributed by atoms with van der Waals surface area (Å²) in [5, 5.41) is 13.0. The van der Waals surface area contributed by atoms with Gasteiger partial charge in [0.15, 0.2) is 0 Å². The van der Waals surface area contributed by atoms with Crippen LogP contribution in [0.5, 0.6) is 11.5 Å². The third-order valence-corrected chi connectivity index (χ3v) is 4.51. The summed E-state index contributed by atoms with van der Waals surface area (Å²) in [6, 6.07) is 6.12. The van der Waals surface area contributed by atoms with E-state index in [1.54, 1.807) is 26.0 Å². The molecular weight excluding hydrogens is 286 g/mol. The first-order valence-corrected chi connectivity index (χ1v) is 8.38. The van der Waals surface area contributed by atoms with Crippen LogP contribution in [0.25, 0.3) is 0 Å². The van der Waals surface area contributed by atoms with E-state index in [1.165, 1.54) is 0 Å². The van der Waals surface area contributed by atoms with Crippen molar-refractivity contribution in [3.8, 4) is 11.5 Å². The monoisotopic (exact) mass is 313 g/mol. The van der Waals surface area contributed by atoms with Gasteiger partial charge in [-0.15, -0.1) is 0 Å². The van der Waals surface area contributed by atoms with Gasteiger partial charge < -0.3 is 19.9 Å². The number of hydrogen-bond acceptors (Lipinski definition) is 5. The first kappa shape index (κ1) is 18.1. The van der Waals surface area contributed by atoms with E-state index in [2.05, 4.69) is 18.3 Å². The second kappa shape index (κ2) is 9.92. The zero-order chi connectivity index (χ0) is 15.7. The van der Waals surface area contributed by atoms with Gasteiger partial charge in [0, 0.05) is 28.7 Å². The summed E-state index contributed by atoms with van der Waals surface area (Å²) >= 11 is 1.76. The van der Waals surface area contributed by atoms with Crippen LogP contribution in [-0.4, -0.2) is 43.5 Å². The molecule has 1 aromatic rings. The molecular formula is C16H27NO3S. The molecule has 0 aliphatic heterocycles. The molecule has 0 saturated carbocycles. The summed E-state index contributed by atoms with van der Waals surface area (Å²) in [5.41, 5.74) is 1.13. The lowest BCUT2D eigenvalue weighted by atomic mass is 10.1. The summed E-state index contributed by atoms with van der Waals surface area (Å²) in [5.74, 6) is 2.52. The van der Waals surface area contributed by atoms with Gasteiger partial charge in [-0.25, -0.2) is 0 Å². The molecule has 0 heterocycles. The topological polar surface area (TPSA) is 50.7 Å². The lowest BCUT2D eigenvalue weighted by molar-refractivity contribution is 0.300. The van der Waals surface area contributed by atoms with Crippen LogP contribution in [0.2, 0.25) is 0 Å². The van der Waals surface area contributed by atoms with Crippen LogP contribution >= 0.6 is 11.8 Å². The molecule has 5 heteroatoms. The Kier molecular flexibility index (Phi) is 8.57. The number of hydrogen-bond donors (Lipinski definition) is 2. The lowest BCUT2D eigenvalue weighted by Gasteiger charge is -2.22. The zero-order valence-electron chi connectivity index (χ0n) is 13.4. The van der Waals surface area contributed by atoms with Crippen molar-refractivity contribution in [2.45, 2.75) is 31.6 Å². The molecule has 0 aromatic heterocycles. The van der Waals surface area contributed by atoms with Crippen LogP contribution in [0.3, 0.4) is 0 Å². The molecule has 0 amide bonds. The minimum atomic E-state index is 0.199. The van der Waals surface area contributed by atoms with Crippen molar-refractivity contribution in [3.05, 3.63) is 23.8 Å². The molecule has 0 spiro atoms. The Bertz CT molecular complexity index is 415. The van der Waals surface area contributed by atoms with Crippen molar-refractivity contribution >= 4 is 11.8 Å². The Labute approximate surface area is 132 Å². The largest absolute Gasteiger partial charge is 0.497 e. The number of nitrogens with one attached hydrogen (secondary N) is 1. The SMILES string of the molecule is CCCNC(CSC(C)CO)c1ccc(OC)cc1OC. The van der Waals surface area contributed by atoms with Gasteiger partial charge in [-0.05, 0) is 19.0 Å². The molecule has 21 heavy (non-hydrogen) atoms. The third kappa shape index (κ3) is 5.77. The number of rotatable bonds is 10. The van der Waals surface area contributed by atoms with Crippen LogP contribution in [0.15, 0.2) is 18.2 Å². The Hall–Kier alpha value is -0.910. The Morgan fingerprint density at radius 2 is 2.05 bits per heavy atom. The molecule has 2 unspecified atom stereocenters. The zero-order valence-corrected chi connectivity index (χ0v) is 14.2. The standard InChI is InChI=1S/C16H27NO3S/c1-5-8-17-15(11-21-12(2)10-18)14-7-6-13(19-3)9-16(14)20-4/h6-7,9,12,15,17-18H,5,8,10-11H2,1-4H3. The number of ether oxygens (including phenoxy) is 2. The Balaban J connectivity index is 2.90. The molecule has 120 valence electrons. The molecule has 0 radical (unpaired) electrons. The third-order valence-electron chi connectivity index (χ3n) is 3.26. The number of aliphatic hydroxyl groups excluding tert-OH is 1. The average molecular weight is 313 g/mol. The minimum absolute atomic E-state index is 0.199. The van der Waals surface area contributed by atoms with E-state index in [-0.39, 0.29) is 17.9 Å². The lowest BCUT2D eigenvalue weighted by Crippen LogP contribution is -2.25. The van der Waals surface area contributed by atoms with E-state index in [0.29, 0.717) is 0 Å². The predicted molar refractivity (Wildman–Crippen MR) is 89.6 cm³/mol. The van der Waals surface area contributed by atoms with Crippen LogP contribution < -0.4 is 14.8 Å². The van der Waals surface area contributed by atoms with Crippen molar-refractivity contribution in [1.82, 2.24) is 5.32 Å². The molecule has 0 fully saturated rings. The number of thioether (sulfide) groups is 1. The Morgan fingerprint density at radius 1 is 1.29 bits per heavy atom. The molecule has 1 rings (SSSR count). The first-order chi connectivity index (χ1) is 10.2. The maximum atomic E-state index is 9.18. The highest BCUT2D eigenvalue weighted by molar-refractivity contribution is 7.99. The summed E-state index contributed by atoms with van der Waals surface area (Å²) in [7, 11) is 3.33. The van der Waals surface area contributed by atoms with Crippen molar-refractivity contribution < 1.29 is 14.6 Å². The highest BCUT2D eigenvalue weighted by atomic mass is 32.2. The number of benzene rings is 1. The molecule has 0 saturated heterocycles. The average Bonchev–Trinajstić information content (AvgIpc) is 2.54. The van der Waals surface area contributed by atoms with E-state index in [0.717, 1.165) is 35.8 Å². The summed E-state index contributed by atoms with van der Waals surface area (Å²) in [6.45, 7) is 5.34. The molecule has 2 N–H and O–H groups in total. The fourth-order valence-electron chi connectivity index (χ4n) is 2.00. The normalized spacial score (nSPS) is 13.8. The molecule has 0 bridgehead atoms. The van der Waals surface area contributed by atoms with E-state index in [9.17, 15) is 5.11 Å². The van der Waals surface area contributed by atoms with Gasteiger partial charge in [0.05, 0.1) is 20.8 Å². The fraction of sp³-hybridized carbons (Fsp3) is 0.625. The van der Waals surface area contributed by atoms with E-state index in [4.69, 9.17) is 9.47 Å². The molecule has 0 aliphatic carbocycles. The second-order valence-corrected chi connectivity index (χ2v) is 6.41. The van der Waals surface area contributed by atoms with Crippen LogP contribution in [0.4, 0.5) is 0 Å². The molecule has 0 aliphatic rings. The van der Waals surface area contributed by atoms with E-state index in [1.807, 2.05) is 19.1 Å². The fourth-order valence-corrected chi connectivity index (χ4v) is 2.92. The smallest absolute Gasteiger partial charge is 0.127 e.